The van der Waals surface area contributed by atoms with Gasteiger partial charge in [-0.15, -0.1) is 0 Å². The molecule has 0 saturated carbocycles. The van der Waals surface area contributed by atoms with E-state index in [-0.39, 0.29) is 46.6 Å². The molecular weight excluding hydrogens is 509 g/mol. The fourth-order valence-electron chi connectivity index (χ4n) is 5.93. The molecule has 2 aromatic rings. The Morgan fingerprint density at radius 2 is 1.92 bits per heavy atom. The van der Waals surface area contributed by atoms with E-state index < -0.39 is 26.4 Å². The molecular formula is C24H31ClFN5O4S. The van der Waals surface area contributed by atoms with Crippen LogP contribution < -0.4 is 4.90 Å². The lowest BCUT2D eigenvalue weighted by Gasteiger charge is -2.49. The Labute approximate surface area is 215 Å². The van der Waals surface area contributed by atoms with Crippen molar-refractivity contribution in [2.45, 2.75) is 89.2 Å². The number of pyridine rings is 1. The average molecular weight is 540 g/mol. The highest BCUT2D eigenvalue weighted by atomic mass is 35.5. The predicted octanol–water partition coefficient (Wildman–Crippen LogP) is 4.15. The van der Waals surface area contributed by atoms with Crippen molar-refractivity contribution in [3.8, 4) is 0 Å². The first-order valence-electron chi connectivity index (χ1n) is 12.4. The minimum atomic E-state index is -3.83. The van der Waals surface area contributed by atoms with Gasteiger partial charge in [-0.2, -0.15) is 0 Å². The summed E-state index contributed by atoms with van der Waals surface area (Å²) in [4.78, 5) is 30.2. The number of nitrogens with zero attached hydrogens (tertiary/aromatic N) is 5. The van der Waals surface area contributed by atoms with Gasteiger partial charge in [0.25, 0.3) is 0 Å². The summed E-state index contributed by atoms with van der Waals surface area (Å²) in [5, 5.41) is -0.359. The van der Waals surface area contributed by atoms with Gasteiger partial charge >= 0.3 is 6.09 Å². The highest BCUT2D eigenvalue weighted by Crippen LogP contribution is 2.46. The van der Waals surface area contributed by atoms with Crippen LogP contribution in [0.15, 0.2) is 5.16 Å². The minimum absolute atomic E-state index is 0.0386. The van der Waals surface area contributed by atoms with Gasteiger partial charge in [0.2, 0.25) is 15.0 Å². The molecule has 2 aromatic heterocycles. The summed E-state index contributed by atoms with van der Waals surface area (Å²) in [7, 11) is -3.83. The summed E-state index contributed by atoms with van der Waals surface area (Å²) in [6.45, 7) is 9.53. The largest absolute Gasteiger partial charge is 0.444 e. The maximum atomic E-state index is 15.3. The SMILES string of the molecule is CC[C@@H]1Cc2nc(Cl)c(F)c3nc(S(=O)(=O)CC)nc(c23)N2C[C@H]3CC[C@@H]([C@H]12)N3C(=O)OC(C)(C)C. The van der Waals surface area contributed by atoms with Gasteiger partial charge in [0.05, 0.1) is 35.0 Å². The van der Waals surface area contributed by atoms with Crippen LogP contribution >= 0.6 is 11.6 Å². The molecule has 2 saturated heterocycles. The molecule has 4 atom stereocenters. The topological polar surface area (TPSA) is 106 Å². The van der Waals surface area contributed by atoms with Crippen molar-refractivity contribution in [2.75, 3.05) is 17.2 Å². The molecule has 0 unspecified atom stereocenters. The van der Waals surface area contributed by atoms with Crippen LogP contribution in [0.25, 0.3) is 10.9 Å². The third-order valence-electron chi connectivity index (χ3n) is 7.49. The van der Waals surface area contributed by atoms with Gasteiger partial charge in [-0.25, -0.2) is 32.6 Å². The molecule has 5 heterocycles. The summed E-state index contributed by atoms with van der Waals surface area (Å²) < 4.78 is 46.6. The zero-order valence-electron chi connectivity index (χ0n) is 21.1. The second-order valence-corrected chi connectivity index (χ2v) is 13.4. The molecule has 9 nitrogen and oxygen atoms in total. The van der Waals surface area contributed by atoms with Crippen molar-refractivity contribution in [1.29, 1.82) is 0 Å². The second kappa shape index (κ2) is 8.65. The number of piperazine rings is 1. The predicted molar refractivity (Wildman–Crippen MR) is 134 cm³/mol. The molecule has 0 aliphatic carbocycles. The third kappa shape index (κ3) is 3.98. The smallest absolute Gasteiger partial charge is 0.410 e. The quantitative estimate of drug-likeness (QED) is 0.423. The number of sulfone groups is 1. The van der Waals surface area contributed by atoms with Crippen LogP contribution in [0, 0.1) is 11.7 Å². The number of fused-ring (bicyclic) bond motifs is 5. The van der Waals surface area contributed by atoms with E-state index in [1.165, 1.54) is 6.92 Å². The first-order chi connectivity index (χ1) is 16.9. The zero-order chi connectivity index (χ0) is 26.2. The van der Waals surface area contributed by atoms with E-state index in [1.54, 1.807) is 0 Å². The summed E-state index contributed by atoms with van der Waals surface area (Å²) in [6.07, 6.45) is 2.48. The zero-order valence-corrected chi connectivity index (χ0v) is 22.7. The van der Waals surface area contributed by atoms with E-state index in [4.69, 9.17) is 16.3 Å². The standard InChI is InChI=1S/C24H31ClFN5O4S/c1-6-12-10-14-16-18(17(26)20(25)27-14)28-22(36(33,34)7-2)29-21(16)30-11-13-8-9-15(19(12)30)31(13)23(32)35-24(3,4)5/h12-13,15,19H,6-11H2,1-5H3/t12-,13-,15+,19+/m1/s1. The Morgan fingerprint density at radius 3 is 2.56 bits per heavy atom. The van der Waals surface area contributed by atoms with Gasteiger partial charge in [-0.05, 0) is 46.0 Å². The van der Waals surface area contributed by atoms with Gasteiger partial charge in [-0.1, -0.05) is 31.9 Å². The van der Waals surface area contributed by atoms with E-state index in [0.29, 0.717) is 29.9 Å². The number of halogens is 2. The number of rotatable bonds is 3. The number of anilines is 1. The molecule has 2 fully saturated rings. The number of ether oxygens (including phenoxy) is 1. The van der Waals surface area contributed by atoms with Crippen molar-refractivity contribution in [3.05, 3.63) is 16.7 Å². The number of hydrogen-bond donors (Lipinski definition) is 0. The number of amides is 1. The van der Waals surface area contributed by atoms with Crippen LogP contribution in [-0.2, 0) is 21.0 Å². The van der Waals surface area contributed by atoms with E-state index in [9.17, 15) is 13.2 Å². The third-order valence-corrected chi connectivity index (χ3v) is 9.23. The fourth-order valence-corrected chi connectivity index (χ4v) is 6.84. The van der Waals surface area contributed by atoms with Gasteiger partial charge in [0.1, 0.15) is 16.9 Å². The van der Waals surface area contributed by atoms with Gasteiger partial charge < -0.3 is 9.64 Å². The highest BCUT2D eigenvalue weighted by molar-refractivity contribution is 7.91. The molecule has 12 heteroatoms. The average Bonchev–Trinajstić information content (AvgIpc) is 3.05. The Morgan fingerprint density at radius 1 is 1.19 bits per heavy atom. The molecule has 36 heavy (non-hydrogen) atoms. The number of hydrogen-bond acceptors (Lipinski definition) is 8. The number of aromatic nitrogens is 3. The molecule has 3 aliphatic heterocycles. The molecule has 0 spiro atoms. The lowest BCUT2D eigenvalue weighted by molar-refractivity contribution is 0.00428. The van der Waals surface area contributed by atoms with Crippen LogP contribution in [-0.4, -0.2) is 70.4 Å². The van der Waals surface area contributed by atoms with Gasteiger partial charge in [0.15, 0.2) is 11.0 Å². The van der Waals surface area contributed by atoms with E-state index in [2.05, 4.69) is 26.8 Å². The maximum absolute atomic E-state index is 15.3. The fraction of sp³-hybridized carbons (Fsp3) is 0.667. The number of carbonyl (C=O) groups is 1. The van der Waals surface area contributed by atoms with Crippen molar-refractivity contribution < 1.29 is 22.3 Å². The molecule has 3 aliphatic rings. The van der Waals surface area contributed by atoms with Crippen molar-refractivity contribution in [3.63, 3.8) is 0 Å². The van der Waals surface area contributed by atoms with Gasteiger partial charge in [0, 0.05) is 6.54 Å². The normalized spacial score (nSPS) is 25.6. The minimum Gasteiger partial charge on any atom is -0.444 e. The van der Waals surface area contributed by atoms with Gasteiger partial charge in [-0.3, -0.25) is 4.90 Å². The first kappa shape index (κ1) is 25.4. The summed E-state index contributed by atoms with van der Waals surface area (Å²) in [5.74, 6) is -0.680. The first-order valence-corrected chi connectivity index (χ1v) is 14.5. The van der Waals surface area contributed by atoms with Crippen molar-refractivity contribution in [1.82, 2.24) is 19.9 Å². The van der Waals surface area contributed by atoms with Crippen LogP contribution in [0.3, 0.4) is 0 Å². The monoisotopic (exact) mass is 539 g/mol. The van der Waals surface area contributed by atoms with E-state index >= 15 is 4.39 Å². The molecule has 0 aromatic carbocycles. The number of carbonyl (C=O) groups excluding carboxylic acids is 1. The molecule has 0 N–H and O–H groups in total. The molecule has 0 radical (unpaired) electrons. The van der Waals surface area contributed by atoms with Crippen LogP contribution in [0.2, 0.25) is 5.15 Å². The van der Waals surface area contributed by atoms with Crippen LogP contribution in [0.1, 0.15) is 59.6 Å². The lowest BCUT2D eigenvalue weighted by atomic mass is 9.85. The maximum Gasteiger partial charge on any atom is 0.410 e. The van der Waals surface area contributed by atoms with Crippen molar-refractivity contribution >= 4 is 44.3 Å². The Balaban J connectivity index is 1.71. The highest BCUT2D eigenvalue weighted by Gasteiger charge is 2.53. The Bertz CT molecular complexity index is 1350. The Kier molecular flexibility index (Phi) is 6.10. The molecule has 1 amide bonds. The Hall–Kier alpha value is -2.27. The van der Waals surface area contributed by atoms with E-state index in [1.807, 2.05) is 25.7 Å². The molecule has 5 rings (SSSR count). The summed E-state index contributed by atoms with van der Waals surface area (Å²) in [6, 6.07) is -0.469. The summed E-state index contributed by atoms with van der Waals surface area (Å²) >= 11 is 6.16. The lowest BCUT2D eigenvalue weighted by Crippen LogP contribution is -2.64. The van der Waals surface area contributed by atoms with E-state index in [0.717, 1.165) is 19.3 Å². The van der Waals surface area contributed by atoms with Crippen molar-refractivity contribution in [2.24, 2.45) is 5.92 Å². The van der Waals surface area contributed by atoms with Crippen LogP contribution in [0.4, 0.5) is 15.0 Å². The van der Waals surface area contributed by atoms with Crippen LogP contribution in [0.5, 0.6) is 0 Å². The molecule has 196 valence electrons. The second-order valence-electron chi connectivity index (χ2n) is 10.8. The summed E-state index contributed by atoms with van der Waals surface area (Å²) in [5.41, 5.74) is -0.204. The molecule has 2 bridgehead atoms.